The topological polar surface area (TPSA) is 78.4 Å². The van der Waals surface area contributed by atoms with Gasteiger partial charge < -0.3 is 5.11 Å². The minimum Gasteiger partial charge on any atom is -0.474 e. The lowest BCUT2D eigenvalue weighted by molar-refractivity contribution is -0.348. The minimum absolute atomic E-state index is 0.396. The summed E-state index contributed by atoms with van der Waals surface area (Å²) in [5, 5.41) is 6.76. The number of carbonyl (C=O) groups excluding carboxylic acids is 1. The van der Waals surface area contributed by atoms with E-state index in [2.05, 4.69) is 0 Å². The van der Waals surface area contributed by atoms with Gasteiger partial charge >= 0.3 is 36.1 Å². The number of carboxylic acids is 1. The smallest absolute Gasteiger partial charge is 0.435 e. The molecule has 0 aliphatic carbocycles. The third-order valence-corrected chi connectivity index (χ3v) is 3.37. The maximum atomic E-state index is 14.0. The van der Waals surface area contributed by atoms with Crippen molar-refractivity contribution >= 4 is 29.2 Å². The van der Waals surface area contributed by atoms with E-state index in [9.17, 15) is 53.5 Å². The summed E-state index contributed by atoms with van der Waals surface area (Å²) in [7, 11) is 0. The highest BCUT2D eigenvalue weighted by Gasteiger charge is 2.73. The second kappa shape index (κ2) is 7.18. The molecule has 28 heavy (non-hydrogen) atoms. The maximum Gasteiger partial charge on any atom is 0.435 e. The molecule has 0 unspecified atom stereocenters. The van der Waals surface area contributed by atoms with Gasteiger partial charge in [-0.25, -0.2) is 9.18 Å². The number of hydrogen-bond acceptors (Lipinski definition) is 3. The van der Waals surface area contributed by atoms with E-state index in [1.54, 1.807) is 0 Å². The van der Waals surface area contributed by atoms with Gasteiger partial charge in [0.05, 0.1) is 16.3 Å². The molecule has 1 aromatic rings. The molecule has 1 rings (SSSR count). The number of halogens is 11. The van der Waals surface area contributed by atoms with Crippen LogP contribution in [0.5, 0.6) is 0 Å². The molecule has 0 aromatic heterocycles. The molecule has 0 saturated carbocycles. The van der Waals surface area contributed by atoms with E-state index in [1.165, 1.54) is 5.43 Å². The van der Waals surface area contributed by atoms with Crippen molar-refractivity contribution < 1.29 is 58.6 Å². The van der Waals surface area contributed by atoms with Crippen molar-refractivity contribution in [3.63, 3.8) is 0 Å². The lowest BCUT2D eigenvalue weighted by atomic mass is 9.92. The van der Waals surface area contributed by atoms with Gasteiger partial charge in [-0.05, 0) is 12.1 Å². The molecule has 0 spiro atoms. The van der Waals surface area contributed by atoms with Gasteiger partial charge in [0.1, 0.15) is 0 Å². The fraction of sp³-hybridized carbons (Fsp3) is 0.333. The van der Waals surface area contributed by atoms with Crippen LogP contribution in [0, 0.1) is 0 Å². The molecule has 16 heteroatoms. The van der Waals surface area contributed by atoms with Crippen molar-refractivity contribution in [3.05, 3.63) is 28.3 Å². The van der Waals surface area contributed by atoms with Crippen LogP contribution >= 0.6 is 11.6 Å². The highest BCUT2D eigenvalue weighted by atomic mass is 35.5. The van der Waals surface area contributed by atoms with Gasteiger partial charge in [-0.1, -0.05) is 11.6 Å². The van der Waals surface area contributed by atoms with E-state index in [0.717, 1.165) is 5.43 Å². The standard InChI is InChI=1S/C12H5ClF10N2O3/c13-5-2-3(9(14,11(18,19)20)12(21,22)23)1-4(10(15,16)17)6(5)24-25-7(26)8(27)28/h1-2,24H,(H,25,26)(H,27,28). The first-order valence-corrected chi connectivity index (χ1v) is 6.74. The Labute approximate surface area is 152 Å². The summed E-state index contributed by atoms with van der Waals surface area (Å²) in [6, 6.07) is -1.21. The van der Waals surface area contributed by atoms with Gasteiger partial charge in [0, 0.05) is 5.56 Å². The molecule has 0 aliphatic rings. The molecule has 158 valence electrons. The molecular formula is C12H5ClF10N2O3. The molecule has 0 radical (unpaired) electrons. The number of aliphatic carboxylic acids is 1. The number of nitrogens with one attached hydrogen (secondary N) is 2. The number of carbonyl (C=O) groups is 2. The van der Waals surface area contributed by atoms with Gasteiger partial charge in [0.2, 0.25) is 0 Å². The average molecular weight is 451 g/mol. The monoisotopic (exact) mass is 450 g/mol. The van der Waals surface area contributed by atoms with Gasteiger partial charge in [-0.3, -0.25) is 15.6 Å². The van der Waals surface area contributed by atoms with Gasteiger partial charge in [-0.15, -0.1) is 0 Å². The second-order valence-corrected chi connectivity index (χ2v) is 5.32. The molecule has 5 nitrogen and oxygen atoms in total. The number of rotatable bonds is 3. The Balaban J connectivity index is 3.69. The molecule has 0 fully saturated rings. The van der Waals surface area contributed by atoms with Crippen LogP contribution in [-0.2, 0) is 21.4 Å². The second-order valence-electron chi connectivity index (χ2n) is 4.92. The Morgan fingerprint density at radius 3 is 1.71 bits per heavy atom. The number of hydrogen-bond donors (Lipinski definition) is 3. The van der Waals surface area contributed by atoms with Crippen LogP contribution in [0.3, 0.4) is 0 Å². The van der Waals surface area contributed by atoms with Crippen LogP contribution in [0.25, 0.3) is 0 Å². The largest absolute Gasteiger partial charge is 0.474 e. The molecule has 0 aliphatic heterocycles. The zero-order valence-electron chi connectivity index (χ0n) is 12.6. The SMILES string of the molecule is O=C(O)C(=O)NNc1c(Cl)cc(C(F)(C(F)(F)F)C(F)(F)F)cc1C(F)(F)F. The Hall–Kier alpha value is -2.45. The lowest BCUT2D eigenvalue weighted by Gasteiger charge is -2.31. The van der Waals surface area contributed by atoms with E-state index in [0.29, 0.717) is 0 Å². The van der Waals surface area contributed by atoms with Crippen molar-refractivity contribution in [2.75, 3.05) is 5.43 Å². The van der Waals surface area contributed by atoms with Crippen LogP contribution < -0.4 is 10.9 Å². The molecule has 0 heterocycles. The minimum atomic E-state index is -6.70. The molecule has 1 aromatic carbocycles. The molecule has 0 atom stereocenters. The van der Waals surface area contributed by atoms with Crippen LogP contribution in [0.2, 0.25) is 5.02 Å². The number of anilines is 1. The van der Waals surface area contributed by atoms with Crippen molar-refractivity contribution in [3.8, 4) is 0 Å². The molecule has 3 N–H and O–H groups in total. The number of alkyl halides is 10. The highest BCUT2D eigenvalue weighted by molar-refractivity contribution is 6.34. The first-order chi connectivity index (χ1) is 12.3. The molecule has 1 amide bonds. The fourth-order valence-electron chi connectivity index (χ4n) is 1.82. The zero-order chi connectivity index (χ0) is 22.3. The third-order valence-electron chi connectivity index (χ3n) is 3.07. The zero-order valence-corrected chi connectivity index (χ0v) is 13.3. The van der Waals surface area contributed by atoms with Crippen molar-refractivity contribution in [1.29, 1.82) is 0 Å². The van der Waals surface area contributed by atoms with Crippen LogP contribution in [-0.4, -0.2) is 29.3 Å². The summed E-state index contributed by atoms with van der Waals surface area (Å²) in [6.45, 7) is 0. The average Bonchev–Trinajstić information content (AvgIpc) is 2.48. The quantitative estimate of drug-likeness (QED) is 0.367. The Kier molecular flexibility index (Phi) is 6.05. The van der Waals surface area contributed by atoms with E-state index >= 15 is 0 Å². The maximum absolute atomic E-state index is 14.0. The summed E-state index contributed by atoms with van der Waals surface area (Å²) >= 11 is 5.25. The van der Waals surface area contributed by atoms with E-state index in [1.807, 2.05) is 0 Å². The molecule has 0 bridgehead atoms. The number of benzene rings is 1. The summed E-state index contributed by atoms with van der Waals surface area (Å²) in [6.07, 6.45) is -19.1. The summed E-state index contributed by atoms with van der Waals surface area (Å²) in [4.78, 5) is 21.1. The lowest BCUT2D eigenvalue weighted by Crippen LogP contribution is -2.50. The third kappa shape index (κ3) is 4.34. The molecule has 0 saturated heterocycles. The summed E-state index contributed by atoms with van der Waals surface area (Å²) < 4.78 is 130. The van der Waals surface area contributed by atoms with Crippen LogP contribution in [0.15, 0.2) is 12.1 Å². The van der Waals surface area contributed by atoms with Crippen LogP contribution in [0.1, 0.15) is 11.1 Å². The highest BCUT2D eigenvalue weighted by Crippen LogP contribution is 2.55. The summed E-state index contributed by atoms with van der Waals surface area (Å²) in [5.74, 6) is -4.15. The number of carboxylic acid groups (broad SMARTS) is 1. The van der Waals surface area contributed by atoms with Gasteiger partial charge in [-0.2, -0.15) is 39.5 Å². The Morgan fingerprint density at radius 2 is 1.36 bits per heavy atom. The summed E-state index contributed by atoms with van der Waals surface area (Å²) in [5.41, 5.74) is -10.1. The van der Waals surface area contributed by atoms with Gasteiger partial charge in [0.25, 0.3) is 0 Å². The van der Waals surface area contributed by atoms with E-state index < -0.39 is 70.0 Å². The molecular weight excluding hydrogens is 446 g/mol. The van der Waals surface area contributed by atoms with Crippen LogP contribution in [0.4, 0.5) is 49.6 Å². The number of amides is 1. The normalized spacial score (nSPS) is 13.2. The Bertz CT molecular complexity index is 774. The predicted octanol–water partition coefficient (Wildman–Crippen LogP) is 4.18. The van der Waals surface area contributed by atoms with Crippen molar-refractivity contribution in [2.45, 2.75) is 24.2 Å². The fourth-order valence-corrected chi connectivity index (χ4v) is 2.08. The van der Waals surface area contributed by atoms with Crippen molar-refractivity contribution in [1.82, 2.24) is 5.43 Å². The van der Waals surface area contributed by atoms with Gasteiger partial charge in [0.15, 0.2) is 0 Å². The van der Waals surface area contributed by atoms with E-state index in [4.69, 9.17) is 16.7 Å². The predicted molar refractivity (Wildman–Crippen MR) is 70.8 cm³/mol. The first kappa shape index (κ1) is 23.6. The Morgan fingerprint density at radius 1 is 0.893 bits per heavy atom. The van der Waals surface area contributed by atoms with Crippen molar-refractivity contribution in [2.24, 2.45) is 0 Å². The number of hydrazine groups is 1. The first-order valence-electron chi connectivity index (χ1n) is 6.37. The van der Waals surface area contributed by atoms with E-state index in [-0.39, 0.29) is 0 Å².